The Morgan fingerprint density at radius 1 is 1.22 bits per heavy atom. The van der Waals surface area contributed by atoms with E-state index in [0.717, 1.165) is 13.0 Å². The standard InChI is InChI=1S/C17H30N2O4/c1-12-6-7-13(2)19(9-12)17(8-14(20)21)10-18(11-17)15(22)23-16(3,4)5/h12-13H,6-11H2,1-5H3,(H,20,21). The van der Waals surface area contributed by atoms with E-state index in [4.69, 9.17) is 4.74 Å². The lowest BCUT2D eigenvalue weighted by Gasteiger charge is -2.58. The normalized spacial score (nSPS) is 28.1. The molecule has 0 saturated carbocycles. The molecular formula is C17H30N2O4. The van der Waals surface area contributed by atoms with Crippen LogP contribution in [0.25, 0.3) is 0 Å². The first-order valence-electron chi connectivity index (χ1n) is 8.49. The number of hydrogen-bond acceptors (Lipinski definition) is 4. The second kappa shape index (κ2) is 6.30. The van der Waals surface area contributed by atoms with Gasteiger partial charge in [-0.15, -0.1) is 0 Å². The first-order chi connectivity index (χ1) is 10.5. The van der Waals surface area contributed by atoms with Gasteiger partial charge in [0, 0.05) is 25.7 Å². The molecule has 6 heteroatoms. The van der Waals surface area contributed by atoms with Crippen molar-refractivity contribution in [3.05, 3.63) is 0 Å². The zero-order chi connectivity index (χ0) is 17.4. The summed E-state index contributed by atoms with van der Waals surface area (Å²) >= 11 is 0. The van der Waals surface area contributed by atoms with Crippen molar-refractivity contribution < 1.29 is 19.4 Å². The zero-order valence-electron chi connectivity index (χ0n) is 15.0. The molecular weight excluding hydrogens is 296 g/mol. The Morgan fingerprint density at radius 2 is 1.83 bits per heavy atom. The second-order valence-electron chi connectivity index (χ2n) is 8.32. The van der Waals surface area contributed by atoms with Gasteiger partial charge < -0.3 is 14.7 Å². The van der Waals surface area contributed by atoms with Gasteiger partial charge in [0.05, 0.1) is 12.0 Å². The number of rotatable bonds is 3. The molecule has 2 aliphatic heterocycles. The minimum Gasteiger partial charge on any atom is -0.481 e. The zero-order valence-corrected chi connectivity index (χ0v) is 15.0. The lowest BCUT2D eigenvalue weighted by atomic mass is 9.80. The molecule has 1 N–H and O–H groups in total. The van der Waals surface area contributed by atoms with E-state index in [1.54, 1.807) is 4.90 Å². The van der Waals surface area contributed by atoms with Crippen molar-refractivity contribution in [2.75, 3.05) is 19.6 Å². The van der Waals surface area contributed by atoms with Gasteiger partial charge >= 0.3 is 12.1 Å². The topological polar surface area (TPSA) is 70.1 Å². The van der Waals surface area contributed by atoms with Crippen LogP contribution in [-0.2, 0) is 9.53 Å². The molecule has 0 aromatic rings. The molecule has 2 atom stereocenters. The first kappa shape index (κ1) is 18.0. The average Bonchev–Trinajstić information content (AvgIpc) is 2.33. The van der Waals surface area contributed by atoms with E-state index in [0.29, 0.717) is 25.0 Å². The van der Waals surface area contributed by atoms with Gasteiger partial charge in [-0.25, -0.2) is 4.79 Å². The summed E-state index contributed by atoms with van der Waals surface area (Å²) in [5.41, 5.74) is -0.980. The molecule has 2 aliphatic rings. The van der Waals surface area contributed by atoms with Crippen molar-refractivity contribution in [1.82, 2.24) is 9.80 Å². The number of carboxylic acid groups (broad SMARTS) is 1. The molecule has 0 aromatic carbocycles. The molecule has 6 nitrogen and oxygen atoms in total. The molecule has 1 amide bonds. The summed E-state index contributed by atoms with van der Waals surface area (Å²) in [6, 6.07) is 0.353. The molecule has 2 unspecified atom stereocenters. The van der Waals surface area contributed by atoms with Gasteiger partial charge in [-0.2, -0.15) is 0 Å². The quantitative estimate of drug-likeness (QED) is 0.863. The Bertz CT molecular complexity index is 466. The van der Waals surface area contributed by atoms with Gasteiger partial charge in [-0.05, 0) is 46.5 Å². The summed E-state index contributed by atoms with van der Waals surface area (Å²) in [5.74, 6) is -0.244. The highest BCUT2D eigenvalue weighted by molar-refractivity contribution is 5.73. The van der Waals surface area contributed by atoms with Crippen molar-refractivity contribution in [3.63, 3.8) is 0 Å². The minimum atomic E-state index is -0.806. The van der Waals surface area contributed by atoms with Crippen molar-refractivity contribution in [2.24, 2.45) is 5.92 Å². The molecule has 2 fully saturated rings. The van der Waals surface area contributed by atoms with Crippen LogP contribution in [0.5, 0.6) is 0 Å². The van der Waals surface area contributed by atoms with Crippen molar-refractivity contribution in [1.29, 1.82) is 0 Å². The van der Waals surface area contributed by atoms with Gasteiger partial charge in [-0.1, -0.05) is 6.92 Å². The number of carboxylic acids is 1. The molecule has 2 saturated heterocycles. The monoisotopic (exact) mass is 326 g/mol. The van der Waals surface area contributed by atoms with Gasteiger partial charge in [0.1, 0.15) is 5.60 Å². The van der Waals surface area contributed by atoms with Crippen molar-refractivity contribution >= 4 is 12.1 Å². The first-order valence-corrected chi connectivity index (χ1v) is 8.49. The smallest absolute Gasteiger partial charge is 0.410 e. The van der Waals surface area contributed by atoms with Crippen LogP contribution in [0.15, 0.2) is 0 Å². The number of amides is 1. The molecule has 132 valence electrons. The Kier molecular flexibility index (Phi) is 4.95. The highest BCUT2D eigenvalue weighted by Gasteiger charge is 2.53. The number of nitrogens with zero attached hydrogens (tertiary/aromatic N) is 2. The Hall–Kier alpha value is -1.30. The van der Waals surface area contributed by atoms with Crippen LogP contribution in [0.3, 0.4) is 0 Å². The van der Waals surface area contributed by atoms with Gasteiger partial charge in [0.25, 0.3) is 0 Å². The number of hydrogen-bond donors (Lipinski definition) is 1. The van der Waals surface area contributed by atoms with Crippen LogP contribution in [0.2, 0.25) is 0 Å². The molecule has 2 heterocycles. The predicted octanol–water partition coefficient (Wildman–Crippen LogP) is 2.57. The van der Waals surface area contributed by atoms with Crippen LogP contribution in [0, 0.1) is 5.92 Å². The third-order valence-corrected chi connectivity index (χ3v) is 4.83. The lowest BCUT2D eigenvalue weighted by molar-refractivity contribution is -0.149. The van der Waals surface area contributed by atoms with Crippen molar-refractivity contribution in [3.8, 4) is 0 Å². The maximum atomic E-state index is 12.2. The fourth-order valence-electron chi connectivity index (χ4n) is 3.75. The Labute approximate surface area is 138 Å². The van der Waals surface area contributed by atoms with Crippen LogP contribution in [0.1, 0.15) is 53.9 Å². The van der Waals surface area contributed by atoms with Gasteiger partial charge in [0.2, 0.25) is 0 Å². The van der Waals surface area contributed by atoms with E-state index in [1.807, 2.05) is 20.8 Å². The summed E-state index contributed by atoms with van der Waals surface area (Å²) in [4.78, 5) is 27.5. The third-order valence-electron chi connectivity index (χ3n) is 4.83. The molecule has 0 aromatic heterocycles. The minimum absolute atomic E-state index is 0.0728. The van der Waals surface area contributed by atoms with E-state index in [2.05, 4.69) is 18.7 Å². The third kappa shape index (κ3) is 4.16. The number of likely N-dealkylation sites (tertiary alicyclic amines) is 2. The molecule has 0 aliphatic carbocycles. The van der Waals surface area contributed by atoms with Crippen LogP contribution in [0.4, 0.5) is 4.79 Å². The molecule has 0 radical (unpaired) electrons. The molecule has 23 heavy (non-hydrogen) atoms. The summed E-state index contributed by atoms with van der Waals surface area (Å²) in [6.45, 7) is 11.6. The maximum Gasteiger partial charge on any atom is 0.410 e. The van der Waals surface area contributed by atoms with E-state index in [1.165, 1.54) is 6.42 Å². The van der Waals surface area contributed by atoms with Crippen LogP contribution >= 0.6 is 0 Å². The molecule has 2 rings (SSSR count). The van der Waals surface area contributed by atoms with Crippen molar-refractivity contribution in [2.45, 2.75) is 71.1 Å². The SMILES string of the molecule is CC1CCC(C)N(C2(CC(=O)O)CN(C(=O)OC(C)(C)C)C2)C1. The van der Waals surface area contributed by atoms with E-state index in [-0.39, 0.29) is 12.5 Å². The number of carbonyl (C=O) groups is 2. The lowest BCUT2D eigenvalue weighted by Crippen LogP contribution is -2.74. The number of piperidine rings is 1. The number of carbonyl (C=O) groups excluding carboxylic acids is 1. The summed E-state index contributed by atoms with van der Waals surface area (Å²) in [5, 5.41) is 9.35. The van der Waals surface area contributed by atoms with E-state index in [9.17, 15) is 14.7 Å². The Balaban J connectivity index is 2.08. The van der Waals surface area contributed by atoms with E-state index >= 15 is 0 Å². The summed E-state index contributed by atoms with van der Waals surface area (Å²) in [6.07, 6.45) is 1.98. The maximum absolute atomic E-state index is 12.2. The van der Waals surface area contributed by atoms with Gasteiger partial charge in [-0.3, -0.25) is 9.69 Å². The van der Waals surface area contributed by atoms with Gasteiger partial charge in [0.15, 0.2) is 0 Å². The summed E-state index contributed by atoms with van der Waals surface area (Å²) < 4.78 is 5.40. The molecule has 0 bridgehead atoms. The highest BCUT2D eigenvalue weighted by atomic mass is 16.6. The Morgan fingerprint density at radius 3 is 2.35 bits per heavy atom. The fraction of sp³-hybridized carbons (Fsp3) is 0.882. The van der Waals surface area contributed by atoms with Crippen LogP contribution < -0.4 is 0 Å². The van der Waals surface area contributed by atoms with E-state index < -0.39 is 17.1 Å². The van der Waals surface area contributed by atoms with Crippen LogP contribution in [-0.4, -0.2) is 63.8 Å². The number of aliphatic carboxylic acids is 1. The second-order valence-corrected chi connectivity index (χ2v) is 8.32. The number of ether oxygens (including phenoxy) is 1. The predicted molar refractivity (Wildman–Crippen MR) is 87.4 cm³/mol. The summed E-state index contributed by atoms with van der Waals surface area (Å²) in [7, 11) is 0. The molecule has 0 spiro atoms. The largest absolute Gasteiger partial charge is 0.481 e. The average molecular weight is 326 g/mol. The highest BCUT2D eigenvalue weighted by Crippen LogP contribution is 2.38. The fourth-order valence-corrected chi connectivity index (χ4v) is 3.75.